The fourth-order valence-electron chi connectivity index (χ4n) is 4.48. The Balaban J connectivity index is 1.42. The molecule has 0 spiro atoms. The molecule has 154 valence electrons. The minimum Gasteiger partial charge on any atom is -0.312 e. The molecule has 0 radical (unpaired) electrons. The average molecular weight is 398 g/mol. The lowest BCUT2D eigenvalue weighted by Crippen LogP contribution is -2.54. The molecule has 3 aliphatic heterocycles. The number of fused-ring (bicyclic) bond motifs is 1. The van der Waals surface area contributed by atoms with E-state index in [9.17, 15) is 19.2 Å². The van der Waals surface area contributed by atoms with Crippen LogP contribution in [0.25, 0.3) is 0 Å². The van der Waals surface area contributed by atoms with Gasteiger partial charge in [-0.1, -0.05) is 6.07 Å². The molecule has 0 aromatic heterocycles. The molecule has 0 saturated carbocycles. The first-order valence-corrected chi connectivity index (χ1v) is 10.1. The third-order valence-electron chi connectivity index (χ3n) is 5.93. The second kappa shape index (κ2) is 7.35. The summed E-state index contributed by atoms with van der Waals surface area (Å²) in [5, 5.41) is 9.14. The first kappa shape index (κ1) is 19.7. The van der Waals surface area contributed by atoms with Gasteiger partial charge in [0, 0.05) is 18.5 Å². The molecule has 0 bridgehead atoms. The Labute approximate surface area is 169 Å². The largest absolute Gasteiger partial charge is 0.312 e. The highest BCUT2D eigenvalue weighted by Gasteiger charge is 2.44. The first-order valence-electron chi connectivity index (χ1n) is 10.1. The molecule has 0 aliphatic carbocycles. The van der Waals surface area contributed by atoms with Gasteiger partial charge in [-0.15, -0.1) is 0 Å². The third kappa shape index (κ3) is 3.82. The molecule has 2 unspecified atom stereocenters. The number of hydrogen-bond acceptors (Lipinski definition) is 6. The van der Waals surface area contributed by atoms with E-state index in [0.717, 1.165) is 30.0 Å². The van der Waals surface area contributed by atoms with Gasteiger partial charge in [0.1, 0.15) is 6.04 Å². The van der Waals surface area contributed by atoms with Crippen LogP contribution in [0.4, 0.5) is 0 Å². The van der Waals surface area contributed by atoms with Gasteiger partial charge in [0.25, 0.3) is 11.8 Å². The third-order valence-corrected chi connectivity index (χ3v) is 5.93. The molecule has 4 rings (SSSR count). The number of amides is 4. The van der Waals surface area contributed by atoms with Crippen LogP contribution in [0, 0.1) is 5.92 Å². The smallest absolute Gasteiger partial charge is 0.262 e. The van der Waals surface area contributed by atoms with Crippen molar-refractivity contribution >= 4 is 23.6 Å². The van der Waals surface area contributed by atoms with E-state index < -0.39 is 23.8 Å². The maximum absolute atomic E-state index is 12.9. The minimum absolute atomic E-state index is 0.117. The Morgan fingerprint density at radius 3 is 2.59 bits per heavy atom. The number of carbonyl (C=O) groups is 4. The van der Waals surface area contributed by atoms with Gasteiger partial charge in [-0.2, -0.15) is 0 Å². The number of nitrogens with one attached hydrogen (secondary N) is 3. The number of imide groups is 2. The lowest BCUT2D eigenvalue weighted by Gasteiger charge is -2.27. The van der Waals surface area contributed by atoms with Crippen molar-refractivity contribution in [2.24, 2.45) is 5.92 Å². The monoisotopic (exact) mass is 398 g/mol. The Bertz CT molecular complexity index is 895. The fourth-order valence-corrected chi connectivity index (χ4v) is 4.48. The van der Waals surface area contributed by atoms with Gasteiger partial charge in [0.2, 0.25) is 11.8 Å². The first-order chi connectivity index (χ1) is 13.7. The molecule has 3 aliphatic rings. The van der Waals surface area contributed by atoms with Crippen LogP contribution in [0.2, 0.25) is 0 Å². The van der Waals surface area contributed by atoms with Crippen LogP contribution in [-0.4, -0.2) is 53.2 Å². The van der Waals surface area contributed by atoms with Crippen molar-refractivity contribution < 1.29 is 19.2 Å². The zero-order chi connectivity index (χ0) is 20.8. The van der Waals surface area contributed by atoms with Crippen LogP contribution in [0.3, 0.4) is 0 Å². The van der Waals surface area contributed by atoms with Crippen molar-refractivity contribution in [2.45, 2.75) is 51.2 Å². The maximum Gasteiger partial charge on any atom is 0.262 e. The molecule has 3 N–H and O–H groups in total. The van der Waals surface area contributed by atoms with E-state index in [4.69, 9.17) is 0 Å². The van der Waals surface area contributed by atoms with Crippen molar-refractivity contribution in [1.82, 2.24) is 20.9 Å². The lowest BCUT2D eigenvalue weighted by molar-refractivity contribution is -0.136. The molecule has 4 amide bonds. The van der Waals surface area contributed by atoms with Crippen LogP contribution < -0.4 is 16.0 Å². The molecule has 8 heteroatoms. The summed E-state index contributed by atoms with van der Waals surface area (Å²) < 4.78 is 0. The lowest BCUT2D eigenvalue weighted by atomic mass is 9.97. The van der Waals surface area contributed by atoms with Gasteiger partial charge in [0.05, 0.1) is 11.1 Å². The van der Waals surface area contributed by atoms with Gasteiger partial charge >= 0.3 is 0 Å². The summed E-state index contributed by atoms with van der Waals surface area (Å²) in [5.41, 5.74) is 1.72. The zero-order valence-corrected chi connectivity index (χ0v) is 16.7. The number of rotatable bonds is 5. The van der Waals surface area contributed by atoms with E-state index >= 15 is 0 Å². The summed E-state index contributed by atoms with van der Waals surface area (Å²) in [6.07, 6.45) is 1.39. The summed E-state index contributed by atoms with van der Waals surface area (Å²) in [6, 6.07) is 4.28. The fraction of sp³-hybridized carbons (Fsp3) is 0.524. The van der Waals surface area contributed by atoms with Gasteiger partial charge < -0.3 is 10.6 Å². The SMILES string of the molecule is CC1(C)CC(CNCc2ccc3c(c2)C(=O)N(C2CCC(=O)NC2=O)C3=O)CN1. The molecule has 3 heterocycles. The molecule has 29 heavy (non-hydrogen) atoms. The van der Waals surface area contributed by atoms with E-state index in [1.807, 2.05) is 6.07 Å². The second-order valence-electron chi connectivity index (χ2n) is 8.79. The molecule has 2 saturated heterocycles. The maximum atomic E-state index is 12.9. The molecular weight excluding hydrogens is 372 g/mol. The molecule has 8 nitrogen and oxygen atoms in total. The number of hydrogen-bond donors (Lipinski definition) is 3. The number of nitrogens with zero attached hydrogens (tertiary/aromatic N) is 1. The van der Waals surface area contributed by atoms with Gasteiger partial charge in [-0.3, -0.25) is 29.4 Å². The highest BCUT2D eigenvalue weighted by atomic mass is 16.2. The number of benzene rings is 1. The Hall–Kier alpha value is -2.58. The summed E-state index contributed by atoms with van der Waals surface area (Å²) in [6.45, 7) is 6.86. The Kier molecular flexibility index (Phi) is 5.00. The summed E-state index contributed by atoms with van der Waals surface area (Å²) in [4.78, 5) is 50.0. The quantitative estimate of drug-likeness (QED) is 0.626. The standard InChI is InChI=1S/C21H26N4O4/c1-21(2)8-13(11-23-21)10-22-9-12-3-4-14-15(7-12)20(29)25(19(14)28)16-5-6-17(26)24-18(16)27/h3-4,7,13,16,22-23H,5-6,8-11H2,1-2H3,(H,24,26,27). The van der Waals surface area contributed by atoms with Crippen LogP contribution in [0.5, 0.6) is 0 Å². The van der Waals surface area contributed by atoms with Crippen LogP contribution >= 0.6 is 0 Å². The zero-order valence-electron chi connectivity index (χ0n) is 16.7. The predicted octanol–water partition coefficient (Wildman–Crippen LogP) is 0.566. The molecule has 2 atom stereocenters. The van der Waals surface area contributed by atoms with E-state index in [-0.39, 0.29) is 24.3 Å². The number of carbonyl (C=O) groups excluding carboxylic acids is 4. The second-order valence-corrected chi connectivity index (χ2v) is 8.79. The van der Waals surface area contributed by atoms with E-state index in [0.29, 0.717) is 23.6 Å². The topological polar surface area (TPSA) is 108 Å². The average Bonchev–Trinajstić information content (AvgIpc) is 3.13. The normalized spacial score (nSPS) is 26.1. The van der Waals surface area contributed by atoms with Gasteiger partial charge in [-0.05, 0) is 63.4 Å². The van der Waals surface area contributed by atoms with E-state index in [2.05, 4.69) is 29.8 Å². The summed E-state index contributed by atoms with van der Waals surface area (Å²) in [7, 11) is 0. The van der Waals surface area contributed by atoms with Crippen molar-refractivity contribution in [3.05, 3.63) is 34.9 Å². The summed E-state index contributed by atoms with van der Waals surface area (Å²) >= 11 is 0. The van der Waals surface area contributed by atoms with Crippen molar-refractivity contribution in [3.63, 3.8) is 0 Å². The summed E-state index contributed by atoms with van der Waals surface area (Å²) in [5.74, 6) is -1.35. The number of piperidine rings is 1. The van der Waals surface area contributed by atoms with Crippen LogP contribution in [0.15, 0.2) is 18.2 Å². The van der Waals surface area contributed by atoms with E-state index in [1.165, 1.54) is 0 Å². The van der Waals surface area contributed by atoms with Crippen molar-refractivity contribution in [3.8, 4) is 0 Å². The molecule has 1 aromatic rings. The molecular formula is C21H26N4O4. The highest BCUT2D eigenvalue weighted by Crippen LogP contribution is 2.28. The molecule has 1 aromatic carbocycles. The van der Waals surface area contributed by atoms with Crippen molar-refractivity contribution in [1.29, 1.82) is 0 Å². The molecule has 2 fully saturated rings. The van der Waals surface area contributed by atoms with E-state index in [1.54, 1.807) is 12.1 Å². The minimum atomic E-state index is -0.931. The predicted molar refractivity (Wildman–Crippen MR) is 105 cm³/mol. The Morgan fingerprint density at radius 1 is 1.14 bits per heavy atom. The van der Waals surface area contributed by atoms with Crippen LogP contribution in [-0.2, 0) is 16.1 Å². The van der Waals surface area contributed by atoms with Gasteiger partial charge in [0.15, 0.2) is 0 Å². The highest BCUT2D eigenvalue weighted by molar-refractivity contribution is 6.23. The van der Waals surface area contributed by atoms with Crippen LogP contribution in [0.1, 0.15) is 59.4 Å². The Morgan fingerprint density at radius 2 is 1.90 bits per heavy atom. The van der Waals surface area contributed by atoms with Gasteiger partial charge in [-0.25, -0.2) is 0 Å². The van der Waals surface area contributed by atoms with Crippen molar-refractivity contribution in [2.75, 3.05) is 13.1 Å².